The third-order valence-corrected chi connectivity index (χ3v) is 3.46. The molecule has 1 saturated heterocycles. The van der Waals surface area contributed by atoms with E-state index in [1.165, 1.54) is 5.56 Å². The van der Waals surface area contributed by atoms with E-state index < -0.39 is 0 Å². The summed E-state index contributed by atoms with van der Waals surface area (Å²) in [6, 6.07) is 8.77. The lowest BCUT2D eigenvalue weighted by Crippen LogP contribution is -2.32. The van der Waals surface area contributed by atoms with Crippen molar-refractivity contribution in [2.75, 3.05) is 13.1 Å². The molecule has 0 saturated carbocycles. The Kier molecular flexibility index (Phi) is 5.19. The number of rotatable bonds is 6. The molecule has 4 heteroatoms. The second kappa shape index (κ2) is 6.89. The van der Waals surface area contributed by atoms with Crippen molar-refractivity contribution in [1.29, 1.82) is 0 Å². The highest BCUT2D eigenvalue weighted by atomic mass is 16.5. The van der Waals surface area contributed by atoms with Crippen LogP contribution in [0, 0.1) is 5.92 Å². The van der Waals surface area contributed by atoms with E-state index >= 15 is 0 Å². The first-order valence-corrected chi connectivity index (χ1v) is 7.10. The van der Waals surface area contributed by atoms with Crippen molar-refractivity contribution in [3.05, 3.63) is 29.8 Å². The molecule has 0 amide bonds. The van der Waals surface area contributed by atoms with E-state index in [2.05, 4.69) is 49.1 Å². The van der Waals surface area contributed by atoms with Gasteiger partial charge in [-0.3, -0.25) is 10.9 Å². The molecule has 19 heavy (non-hydrogen) atoms. The van der Waals surface area contributed by atoms with Crippen LogP contribution in [0.3, 0.4) is 0 Å². The van der Waals surface area contributed by atoms with E-state index in [9.17, 15) is 0 Å². The van der Waals surface area contributed by atoms with Gasteiger partial charge in [0.25, 0.3) is 0 Å². The van der Waals surface area contributed by atoms with Gasteiger partial charge in [-0.25, -0.2) is 0 Å². The van der Waals surface area contributed by atoms with Crippen molar-refractivity contribution in [1.82, 2.24) is 16.2 Å². The van der Waals surface area contributed by atoms with Crippen LogP contribution in [0.4, 0.5) is 0 Å². The number of hydrazine groups is 1. The Hall–Kier alpha value is -1.10. The number of benzene rings is 1. The van der Waals surface area contributed by atoms with E-state index in [0.29, 0.717) is 12.0 Å². The SMILES string of the molecule is CC(C)Oc1ccccc1CNCC1CNNC1C. The summed E-state index contributed by atoms with van der Waals surface area (Å²) in [6.45, 7) is 9.22. The van der Waals surface area contributed by atoms with Crippen LogP contribution in [0.2, 0.25) is 0 Å². The molecule has 0 aromatic heterocycles. The van der Waals surface area contributed by atoms with Crippen LogP contribution in [-0.4, -0.2) is 25.2 Å². The molecule has 4 nitrogen and oxygen atoms in total. The van der Waals surface area contributed by atoms with E-state index in [0.717, 1.165) is 25.4 Å². The van der Waals surface area contributed by atoms with Gasteiger partial charge in [0.05, 0.1) is 6.10 Å². The van der Waals surface area contributed by atoms with E-state index in [1.54, 1.807) is 0 Å². The Labute approximate surface area is 115 Å². The average Bonchev–Trinajstić information content (AvgIpc) is 2.77. The third kappa shape index (κ3) is 4.20. The van der Waals surface area contributed by atoms with Crippen molar-refractivity contribution < 1.29 is 4.74 Å². The molecule has 1 aliphatic rings. The topological polar surface area (TPSA) is 45.3 Å². The average molecular weight is 263 g/mol. The van der Waals surface area contributed by atoms with Gasteiger partial charge < -0.3 is 10.1 Å². The molecule has 0 radical (unpaired) electrons. The predicted molar refractivity (Wildman–Crippen MR) is 78.0 cm³/mol. The van der Waals surface area contributed by atoms with Crippen molar-refractivity contribution >= 4 is 0 Å². The summed E-state index contributed by atoms with van der Waals surface area (Å²) in [7, 11) is 0. The minimum Gasteiger partial charge on any atom is -0.491 e. The molecule has 2 atom stereocenters. The zero-order valence-electron chi connectivity index (χ0n) is 12.1. The van der Waals surface area contributed by atoms with Gasteiger partial charge in [0.15, 0.2) is 0 Å². The lowest BCUT2D eigenvalue weighted by Gasteiger charge is -2.17. The van der Waals surface area contributed by atoms with Crippen LogP contribution >= 0.6 is 0 Å². The van der Waals surface area contributed by atoms with Crippen LogP contribution in [0.25, 0.3) is 0 Å². The van der Waals surface area contributed by atoms with Crippen LogP contribution in [0.5, 0.6) is 5.75 Å². The predicted octanol–water partition coefficient (Wildman–Crippen LogP) is 1.68. The quantitative estimate of drug-likeness (QED) is 0.731. The van der Waals surface area contributed by atoms with Crippen LogP contribution in [-0.2, 0) is 6.54 Å². The molecule has 2 unspecified atom stereocenters. The second-order valence-corrected chi connectivity index (χ2v) is 5.48. The van der Waals surface area contributed by atoms with Gasteiger partial charge in [-0.05, 0) is 26.8 Å². The lowest BCUT2D eigenvalue weighted by molar-refractivity contribution is 0.239. The minimum atomic E-state index is 0.212. The number of hydrogen-bond acceptors (Lipinski definition) is 4. The summed E-state index contributed by atoms with van der Waals surface area (Å²) in [5.41, 5.74) is 7.66. The molecule has 1 aromatic carbocycles. The number of ether oxygens (including phenoxy) is 1. The monoisotopic (exact) mass is 263 g/mol. The van der Waals surface area contributed by atoms with Gasteiger partial charge in [-0.1, -0.05) is 18.2 Å². The Morgan fingerprint density at radius 3 is 2.84 bits per heavy atom. The van der Waals surface area contributed by atoms with Gasteiger partial charge in [0.1, 0.15) is 5.75 Å². The summed E-state index contributed by atoms with van der Waals surface area (Å²) in [5.74, 6) is 1.62. The van der Waals surface area contributed by atoms with E-state index in [-0.39, 0.29) is 6.10 Å². The van der Waals surface area contributed by atoms with Crippen molar-refractivity contribution in [3.8, 4) is 5.75 Å². The molecule has 1 heterocycles. The normalized spacial score (nSPS) is 22.9. The zero-order chi connectivity index (χ0) is 13.7. The maximum Gasteiger partial charge on any atom is 0.124 e. The van der Waals surface area contributed by atoms with Crippen LogP contribution < -0.4 is 20.9 Å². The fourth-order valence-corrected chi connectivity index (χ4v) is 2.31. The van der Waals surface area contributed by atoms with Gasteiger partial charge in [-0.2, -0.15) is 0 Å². The smallest absolute Gasteiger partial charge is 0.124 e. The summed E-state index contributed by atoms with van der Waals surface area (Å²) in [4.78, 5) is 0. The molecular weight excluding hydrogens is 238 g/mol. The summed E-state index contributed by atoms with van der Waals surface area (Å²) in [6.07, 6.45) is 0.212. The number of para-hydroxylation sites is 1. The highest BCUT2D eigenvalue weighted by Crippen LogP contribution is 2.19. The first-order chi connectivity index (χ1) is 9.16. The molecule has 0 bridgehead atoms. The summed E-state index contributed by atoms with van der Waals surface area (Å²) >= 11 is 0. The van der Waals surface area contributed by atoms with Gasteiger partial charge in [-0.15, -0.1) is 0 Å². The van der Waals surface area contributed by atoms with Crippen LogP contribution in [0.1, 0.15) is 26.3 Å². The fraction of sp³-hybridized carbons (Fsp3) is 0.600. The van der Waals surface area contributed by atoms with Gasteiger partial charge in [0.2, 0.25) is 0 Å². The zero-order valence-corrected chi connectivity index (χ0v) is 12.1. The Balaban J connectivity index is 1.85. The van der Waals surface area contributed by atoms with Crippen molar-refractivity contribution in [3.63, 3.8) is 0 Å². The number of nitrogens with one attached hydrogen (secondary N) is 3. The molecule has 0 aliphatic carbocycles. The summed E-state index contributed by atoms with van der Waals surface area (Å²) < 4.78 is 5.82. The Bertz CT molecular complexity index is 395. The number of hydrogen-bond donors (Lipinski definition) is 3. The fourth-order valence-electron chi connectivity index (χ4n) is 2.31. The first-order valence-electron chi connectivity index (χ1n) is 7.10. The highest BCUT2D eigenvalue weighted by molar-refractivity contribution is 5.33. The van der Waals surface area contributed by atoms with Gasteiger partial charge in [0, 0.05) is 37.2 Å². The highest BCUT2D eigenvalue weighted by Gasteiger charge is 2.21. The minimum absolute atomic E-state index is 0.212. The Morgan fingerprint density at radius 1 is 1.37 bits per heavy atom. The van der Waals surface area contributed by atoms with Crippen molar-refractivity contribution in [2.24, 2.45) is 5.92 Å². The lowest BCUT2D eigenvalue weighted by atomic mass is 10.0. The molecule has 106 valence electrons. The van der Waals surface area contributed by atoms with Gasteiger partial charge >= 0.3 is 0 Å². The molecule has 1 aromatic rings. The molecule has 1 aliphatic heterocycles. The molecule has 3 N–H and O–H groups in total. The van der Waals surface area contributed by atoms with Crippen molar-refractivity contribution in [2.45, 2.75) is 39.5 Å². The third-order valence-electron chi connectivity index (χ3n) is 3.46. The summed E-state index contributed by atoms with van der Waals surface area (Å²) in [5, 5.41) is 3.53. The molecular formula is C15H25N3O. The largest absolute Gasteiger partial charge is 0.491 e. The Morgan fingerprint density at radius 2 is 2.16 bits per heavy atom. The maximum atomic E-state index is 5.82. The second-order valence-electron chi connectivity index (χ2n) is 5.48. The molecule has 1 fully saturated rings. The van der Waals surface area contributed by atoms with E-state index in [4.69, 9.17) is 4.74 Å². The first kappa shape index (κ1) is 14.3. The van der Waals surface area contributed by atoms with E-state index in [1.807, 2.05) is 12.1 Å². The standard InChI is InChI=1S/C15H25N3O/c1-11(2)19-15-7-5-4-6-13(15)8-16-9-14-10-17-18-12(14)3/h4-7,11-12,14,16-18H,8-10H2,1-3H3. The van der Waals surface area contributed by atoms with Crippen LogP contribution in [0.15, 0.2) is 24.3 Å². The molecule has 0 spiro atoms. The molecule has 2 rings (SSSR count). The maximum absolute atomic E-state index is 5.82.